The Balaban J connectivity index is 1.70. The molecule has 6 nitrogen and oxygen atoms in total. The van der Waals surface area contributed by atoms with Gasteiger partial charge in [0, 0.05) is 50.6 Å². The standard InChI is InChI=1S/C24H28N4O2/c1-5-10-27-11-13-28(14-12-27)23-20(8-7-9-25-23)24-26-21-16-19(29-4)15-18(6-2)22(21)17(3)30-24/h5,7-9,15-16H,1,3,6,10-14H2,2,4H3. The molecule has 1 saturated heterocycles. The third-order valence-corrected chi connectivity index (χ3v) is 5.59. The molecule has 1 aromatic heterocycles. The van der Waals surface area contributed by atoms with Crippen molar-refractivity contribution in [3.8, 4) is 5.75 Å². The Hall–Kier alpha value is -3.12. The second-order valence-corrected chi connectivity index (χ2v) is 7.43. The molecule has 0 amide bonds. The molecule has 4 rings (SSSR count). The zero-order valence-electron chi connectivity index (χ0n) is 17.7. The van der Waals surface area contributed by atoms with Crippen LogP contribution in [0.4, 0.5) is 11.5 Å². The van der Waals surface area contributed by atoms with Gasteiger partial charge in [-0.15, -0.1) is 6.58 Å². The van der Waals surface area contributed by atoms with Gasteiger partial charge in [-0.05, 0) is 30.2 Å². The predicted molar refractivity (Wildman–Crippen MR) is 122 cm³/mol. The number of methoxy groups -OCH3 is 1. The van der Waals surface area contributed by atoms with Crippen molar-refractivity contribution in [2.24, 2.45) is 4.99 Å². The minimum Gasteiger partial charge on any atom is -0.497 e. The summed E-state index contributed by atoms with van der Waals surface area (Å²) in [5, 5.41) is 0. The Labute approximate surface area is 178 Å². The van der Waals surface area contributed by atoms with E-state index in [0.717, 1.165) is 73.1 Å². The van der Waals surface area contributed by atoms with E-state index < -0.39 is 0 Å². The number of nitrogens with zero attached hydrogens (tertiary/aromatic N) is 4. The number of hydrogen-bond donors (Lipinski definition) is 0. The van der Waals surface area contributed by atoms with Crippen LogP contribution in [-0.2, 0) is 11.2 Å². The summed E-state index contributed by atoms with van der Waals surface area (Å²) < 4.78 is 11.6. The number of ether oxygens (including phenoxy) is 2. The normalized spacial score (nSPS) is 16.5. The largest absolute Gasteiger partial charge is 0.497 e. The van der Waals surface area contributed by atoms with Crippen LogP contribution in [-0.4, -0.2) is 55.6 Å². The van der Waals surface area contributed by atoms with Gasteiger partial charge >= 0.3 is 0 Å². The zero-order valence-corrected chi connectivity index (χ0v) is 17.7. The van der Waals surface area contributed by atoms with E-state index in [1.165, 1.54) is 0 Å². The molecule has 6 heteroatoms. The molecule has 0 N–H and O–H groups in total. The Kier molecular flexibility index (Phi) is 5.86. The molecule has 1 aromatic carbocycles. The molecule has 0 bridgehead atoms. The van der Waals surface area contributed by atoms with E-state index in [-0.39, 0.29) is 0 Å². The highest BCUT2D eigenvalue weighted by atomic mass is 16.5. The summed E-state index contributed by atoms with van der Waals surface area (Å²) >= 11 is 0. The number of hydrogen-bond acceptors (Lipinski definition) is 6. The molecule has 2 aliphatic rings. The molecule has 156 valence electrons. The molecule has 0 spiro atoms. The van der Waals surface area contributed by atoms with Gasteiger partial charge in [0.05, 0.1) is 18.4 Å². The van der Waals surface area contributed by atoms with Gasteiger partial charge in [-0.25, -0.2) is 9.98 Å². The lowest BCUT2D eigenvalue weighted by atomic mass is 10.00. The maximum Gasteiger partial charge on any atom is 0.230 e. The van der Waals surface area contributed by atoms with Crippen LogP contribution >= 0.6 is 0 Å². The van der Waals surface area contributed by atoms with Crippen molar-refractivity contribution in [3.63, 3.8) is 0 Å². The summed E-state index contributed by atoms with van der Waals surface area (Å²) in [6, 6.07) is 7.88. The third kappa shape index (κ3) is 3.83. The fourth-order valence-electron chi connectivity index (χ4n) is 4.02. The average Bonchev–Trinajstić information content (AvgIpc) is 2.78. The second kappa shape index (κ2) is 8.71. The van der Waals surface area contributed by atoms with Crippen LogP contribution in [0.5, 0.6) is 5.75 Å². The van der Waals surface area contributed by atoms with Crippen LogP contribution in [0.1, 0.15) is 23.6 Å². The van der Waals surface area contributed by atoms with Crippen molar-refractivity contribution in [1.29, 1.82) is 0 Å². The highest BCUT2D eigenvalue weighted by molar-refractivity contribution is 6.05. The first-order valence-corrected chi connectivity index (χ1v) is 10.3. The summed E-state index contributed by atoms with van der Waals surface area (Å²) in [5.41, 5.74) is 3.76. The maximum atomic E-state index is 6.13. The van der Waals surface area contributed by atoms with Gasteiger partial charge in [-0.2, -0.15) is 0 Å². The number of piperazine rings is 1. The Morgan fingerprint density at radius 3 is 2.73 bits per heavy atom. The molecule has 3 heterocycles. The summed E-state index contributed by atoms with van der Waals surface area (Å²) in [7, 11) is 1.67. The summed E-state index contributed by atoms with van der Waals surface area (Å²) in [5.74, 6) is 2.82. The minimum absolute atomic E-state index is 0.527. The van der Waals surface area contributed by atoms with E-state index in [1.807, 2.05) is 36.5 Å². The van der Waals surface area contributed by atoms with Gasteiger partial charge in [-0.3, -0.25) is 4.90 Å². The van der Waals surface area contributed by atoms with Gasteiger partial charge < -0.3 is 14.4 Å². The SMILES string of the molecule is C=CCN1CCN(c2ncccc2C2=Nc3cc(OC)cc(CC)c3C(=C)O2)CC1. The highest BCUT2D eigenvalue weighted by Crippen LogP contribution is 2.39. The van der Waals surface area contributed by atoms with E-state index in [4.69, 9.17) is 14.5 Å². The van der Waals surface area contributed by atoms with Crippen LogP contribution in [0.3, 0.4) is 0 Å². The molecule has 2 aliphatic heterocycles. The lowest BCUT2D eigenvalue weighted by Gasteiger charge is -2.35. The number of anilines is 1. The van der Waals surface area contributed by atoms with Crippen LogP contribution in [0.15, 0.2) is 54.7 Å². The number of aromatic nitrogens is 1. The first kappa shape index (κ1) is 20.2. The van der Waals surface area contributed by atoms with Crippen LogP contribution in [0, 0.1) is 0 Å². The molecule has 0 unspecified atom stereocenters. The third-order valence-electron chi connectivity index (χ3n) is 5.59. The lowest BCUT2D eigenvalue weighted by Crippen LogP contribution is -2.47. The van der Waals surface area contributed by atoms with Crippen LogP contribution in [0.25, 0.3) is 5.76 Å². The molecule has 0 saturated carbocycles. The van der Waals surface area contributed by atoms with Crippen molar-refractivity contribution >= 4 is 23.2 Å². The van der Waals surface area contributed by atoms with Gasteiger partial charge in [0.15, 0.2) is 0 Å². The monoisotopic (exact) mass is 404 g/mol. The number of fused-ring (bicyclic) bond motifs is 1. The summed E-state index contributed by atoms with van der Waals surface area (Å²) in [4.78, 5) is 14.2. The molecular formula is C24H28N4O2. The van der Waals surface area contributed by atoms with Crippen molar-refractivity contribution < 1.29 is 9.47 Å². The van der Waals surface area contributed by atoms with E-state index in [1.54, 1.807) is 7.11 Å². The number of aliphatic imine (C=N–C) groups is 1. The molecule has 2 aromatic rings. The smallest absolute Gasteiger partial charge is 0.230 e. The molecule has 1 fully saturated rings. The zero-order chi connectivity index (χ0) is 21.1. The van der Waals surface area contributed by atoms with Crippen molar-refractivity contribution in [2.75, 3.05) is 44.7 Å². The summed E-state index contributed by atoms with van der Waals surface area (Å²) in [6.07, 6.45) is 4.62. The first-order chi connectivity index (χ1) is 14.6. The molecule has 30 heavy (non-hydrogen) atoms. The second-order valence-electron chi connectivity index (χ2n) is 7.43. The molecule has 0 atom stereocenters. The molecule has 0 radical (unpaired) electrons. The van der Waals surface area contributed by atoms with Gasteiger partial charge in [0.25, 0.3) is 0 Å². The van der Waals surface area contributed by atoms with Crippen molar-refractivity contribution in [2.45, 2.75) is 13.3 Å². The number of pyridine rings is 1. The number of rotatable bonds is 6. The maximum absolute atomic E-state index is 6.13. The number of benzene rings is 1. The fraction of sp³-hybridized carbons (Fsp3) is 0.333. The fourth-order valence-corrected chi connectivity index (χ4v) is 4.02. The minimum atomic E-state index is 0.527. The molecular weight excluding hydrogens is 376 g/mol. The Bertz CT molecular complexity index is 991. The quantitative estimate of drug-likeness (QED) is 0.680. The predicted octanol–water partition coefficient (Wildman–Crippen LogP) is 4.04. The van der Waals surface area contributed by atoms with Crippen LogP contribution < -0.4 is 9.64 Å². The Morgan fingerprint density at radius 1 is 1.23 bits per heavy atom. The lowest BCUT2D eigenvalue weighted by molar-refractivity contribution is 0.283. The number of aryl methyl sites for hydroxylation is 1. The average molecular weight is 405 g/mol. The summed E-state index contributed by atoms with van der Waals surface area (Å²) in [6.45, 7) is 14.8. The van der Waals surface area contributed by atoms with E-state index in [2.05, 4.69) is 34.9 Å². The highest BCUT2D eigenvalue weighted by Gasteiger charge is 2.26. The van der Waals surface area contributed by atoms with E-state index in [0.29, 0.717) is 11.7 Å². The van der Waals surface area contributed by atoms with E-state index in [9.17, 15) is 0 Å². The van der Waals surface area contributed by atoms with Gasteiger partial charge in [0.2, 0.25) is 5.90 Å². The molecule has 0 aliphatic carbocycles. The van der Waals surface area contributed by atoms with Gasteiger partial charge in [-0.1, -0.05) is 19.6 Å². The Morgan fingerprint density at radius 2 is 2.03 bits per heavy atom. The van der Waals surface area contributed by atoms with Crippen molar-refractivity contribution in [1.82, 2.24) is 9.88 Å². The van der Waals surface area contributed by atoms with Crippen molar-refractivity contribution in [3.05, 3.63) is 66.4 Å². The van der Waals surface area contributed by atoms with Gasteiger partial charge in [0.1, 0.15) is 17.3 Å². The van der Waals surface area contributed by atoms with Crippen LogP contribution in [0.2, 0.25) is 0 Å². The topological polar surface area (TPSA) is 50.2 Å². The van der Waals surface area contributed by atoms with E-state index >= 15 is 0 Å². The first-order valence-electron chi connectivity index (χ1n) is 10.3.